The summed E-state index contributed by atoms with van der Waals surface area (Å²) in [7, 11) is -2.53. The van der Waals surface area contributed by atoms with E-state index in [1.165, 1.54) is 5.56 Å². The standard InChI is InChI=1S/C24H32FN3O3S/c1-14(2)28-21-11-17(23(29)26-24(3)12-32(30,31)13-24)6-8-18(21)22(27-28)19-10-16(15-4-5-15)7-9-20(19)25/h7,9-10,14-15,17,30-31H,4-6,8,11-13H2,1-3H3,(H,26,29). The van der Waals surface area contributed by atoms with Crippen LogP contribution in [0.1, 0.15) is 68.8 Å². The van der Waals surface area contributed by atoms with Gasteiger partial charge < -0.3 is 5.32 Å². The Morgan fingerprint density at radius 2 is 2.00 bits per heavy atom. The fourth-order valence-electron chi connectivity index (χ4n) is 5.35. The van der Waals surface area contributed by atoms with Crippen molar-refractivity contribution in [3.63, 3.8) is 0 Å². The molecule has 1 aliphatic heterocycles. The van der Waals surface area contributed by atoms with Crippen molar-refractivity contribution in [2.45, 2.75) is 70.4 Å². The maximum absolute atomic E-state index is 14.9. The highest BCUT2D eigenvalue weighted by Gasteiger charge is 2.46. The van der Waals surface area contributed by atoms with Crippen LogP contribution in [0.5, 0.6) is 0 Å². The summed E-state index contributed by atoms with van der Waals surface area (Å²) in [6, 6.07) is 5.52. The van der Waals surface area contributed by atoms with Crippen molar-refractivity contribution in [3.05, 3.63) is 40.8 Å². The maximum atomic E-state index is 14.9. The minimum absolute atomic E-state index is 0.0481. The molecule has 0 bridgehead atoms. The highest BCUT2D eigenvalue weighted by molar-refractivity contribution is 8.25. The smallest absolute Gasteiger partial charge is 0.224 e. The summed E-state index contributed by atoms with van der Waals surface area (Å²) in [5, 5.41) is 7.88. The quantitative estimate of drug-likeness (QED) is 0.592. The molecule has 1 unspecified atom stereocenters. The van der Waals surface area contributed by atoms with Crippen molar-refractivity contribution < 1.29 is 18.3 Å². The lowest BCUT2D eigenvalue weighted by atomic mass is 9.84. The molecule has 174 valence electrons. The lowest BCUT2D eigenvalue weighted by molar-refractivity contribution is -0.126. The van der Waals surface area contributed by atoms with Gasteiger partial charge in [-0.15, -0.1) is 0 Å². The number of halogens is 1. The summed E-state index contributed by atoms with van der Waals surface area (Å²) >= 11 is 0. The van der Waals surface area contributed by atoms with Crippen molar-refractivity contribution in [2.24, 2.45) is 5.92 Å². The van der Waals surface area contributed by atoms with Gasteiger partial charge in [-0.1, -0.05) is 6.07 Å². The van der Waals surface area contributed by atoms with Gasteiger partial charge in [0, 0.05) is 35.2 Å². The SMILES string of the molecule is CC(C)n1nc(-c2cc(C3CC3)ccc2F)c2c1CC(C(=O)NC1(C)CS(O)(O)C1)CC2. The van der Waals surface area contributed by atoms with Crippen LogP contribution in [0.15, 0.2) is 18.2 Å². The number of amides is 1. The topological polar surface area (TPSA) is 87.4 Å². The first-order chi connectivity index (χ1) is 15.1. The summed E-state index contributed by atoms with van der Waals surface area (Å²) in [5.74, 6) is 0.474. The molecule has 1 saturated heterocycles. The molecule has 2 aromatic rings. The van der Waals surface area contributed by atoms with E-state index >= 15 is 0 Å². The number of carbonyl (C=O) groups is 1. The van der Waals surface area contributed by atoms with E-state index in [1.54, 1.807) is 6.07 Å². The van der Waals surface area contributed by atoms with Crippen LogP contribution >= 0.6 is 10.6 Å². The highest BCUT2D eigenvalue weighted by Crippen LogP contribution is 2.54. The molecule has 6 nitrogen and oxygen atoms in total. The first kappa shape index (κ1) is 21.9. The van der Waals surface area contributed by atoms with Crippen LogP contribution in [-0.4, -0.2) is 41.8 Å². The van der Waals surface area contributed by atoms with Crippen LogP contribution in [0.4, 0.5) is 4.39 Å². The minimum atomic E-state index is -2.53. The molecule has 2 heterocycles. The Morgan fingerprint density at radius 3 is 2.62 bits per heavy atom. The maximum Gasteiger partial charge on any atom is 0.224 e. The van der Waals surface area contributed by atoms with Crippen LogP contribution in [0.3, 0.4) is 0 Å². The lowest BCUT2D eigenvalue weighted by Crippen LogP contribution is -2.62. The largest absolute Gasteiger partial charge is 0.348 e. The van der Waals surface area contributed by atoms with E-state index in [4.69, 9.17) is 5.10 Å². The third-order valence-corrected chi connectivity index (χ3v) is 9.18. The molecule has 8 heteroatoms. The third kappa shape index (κ3) is 3.97. The van der Waals surface area contributed by atoms with Crippen molar-refractivity contribution in [3.8, 4) is 11.3 Å². The average molecular weight is 462 g/mol. The van der Waals surface area contributed by atoms with Gasteiger partial charge in [0.15, 0.2) is 0 Å². The number of benzene rings is 1. The number of aromatic nitrogens is 2. The second-order valence-electron chi connectivity index (χ2n) is 10.4. The van der Waals surface area contributed by atoms with Gasteiger partial charge in [-0.3, -0.25) is 18.6 Å². The zero-order valence-electron chi connectivity index (χ0n) is 18.9. The van der Waals surface area contributed by atoms with Gasteiger partial charge in [0.2, 0.25) is 5.91 Å². The van der Waals surface area contributed by atoms with E-state index < -0.39 is 16.1 Å². The Balaban J connectivity index is 1.42. The Hall–Kier alpha value is -1.90. The molecular weight excluding hydrogens is 429 g/mol. The van der Waals surface area contributed by atoms with Crippen LogP contribution in [0, 0.1) is 11.7 Å². The van der Waals surface area contributed by atoms with E-state index in [-0.39, 0.29) is 35.2 Å². The number of nitrogens with one attached hydrogen (secondary N) is 1. The zero-order chi connectivity index (χ0) is 22.8. The van der Waals surface area contributed by atoms with Crippen LogP contribution in [-0.2, 0) is 17.6 Å². The second-order valence-corrected chi connectivity index (χ2v) is 12.6. The van der Waals surface area contributed by atoms with Crippen molar-refractivity contribution in [1.82, 2.24) is 15.1 Å². The molecule has 1 atom stereocenters. The van der Waals surface area contributed by atoms with E-state index in [0.717, 1.165) is 24.1 Å². The summed E-state index contributed by atoms with van der Waals surface area (Å²) < 4.78 is 36.3. The molecule has 0 radical (unpaired) electrons. The molecule has 2 fully saturated rings. The molecule has 1 amide bonds. The van der Waals surface area contributed by atoms with Crippen molar-refractivity contribution in [1.29, 1.82) is 0 Å². The van der Waals surface area contributed by atoms with Crippen LogP contribution in [0.2, 0.25) is 0 Å². The molecule has 1 aromatic carbocycles. The third-order valence-electron chi connectivity index (χ3n) is 6.98. The molecule has 1 aromatic heterocycles. The summed E-state index contributed by atoms with van der Waals surface area (Å²) in [6.45, 7) is 5.97. The number of nitrogens with zero attached hydrogens (tertiary/aromatic N) is 2. The fraction of sp³-hybridized carbons (Fsp3) is 0.583. The fourth-order valence-corrected chi connectivity index (χ4v) is 7.45. The predicted octanol–water partition coefficient (Wildman–Crippen LogP) is 4.89. The molecule has 0 spiro atoms. The van der Waals surface area contributed by atoms with Gasteiger partial charge in [0.05, 0.1) is 22.7 Å². The molecule has 5 rings (SSSR count). The number of rotatable bonds is 5. The van der Waals surface area contributed by atoms with E-state index in [9.17, 15) is 18.3 Å². The first-order valence-electron chi connectivity index (χ1n) is 11.5. The van der Waals surface area contributed by atoms with Gasteiger partial charge in [-0.2, -0.15) is 15.7 Å². The number of hydrogen-bond acceptors (Lipinski definition) is 4. The van der Waals surface area contributed by atoms with Crippen molar-refractivity contribution in [2.75, 3.05) is 11.5 Å². The van der Waals surface area contributed by atoms with Gasteiger partial charge in [-0.25, -0.2) is 4.39 Å². The first-order valence-corrected chi connectivity index (χ1v) is 13.4. The number of fused-ring (bicyclic) bond motifs is 1. The molecule has 3 N–H and O–H groups in total. The Labute approximate surface area is 189 Å². The zero-order valence-corrected chi connectivity index (χ0v) is 19.7. The molecule has 3 aliphatic rings. The number of carbonyl (C=O) groups excluding carboxylic acids is 1. The predicted molar refractivity (Wildman–Crippen MR) is 125 cm³/mol. The van der Waals surface area contributed by atoms with Gasteiger partial charge >= 0.3 is 0 Å². The minimum Gasteiger partial charge on any atom is -0.348 e. The Kier molecular flexibility index (Phi) is 5.18. The molecular formula is C24H32FN3O3S. The van der Waals surface area contributed by atoms with E-state index in [1.807, 2.05) is 23.7 Å². The van der Waals surface area contributed by atoms with Crippen LogP contribution < -0.4 is 5.32 Å². The average Bonchev–Trinajstić information content (AvgIpc) is 3.46. The van der Waals surface area contributed by atoms with Gasteiger partial charge in [-0.05, 0) is 70.1 Å². The summed E-state index contributed by atoms with van der Waals surface area (Å²) in [6.07, 6.45) is 4.23. The lowest BCUT2D eigenvalue weighted by Gasteiger charge is -2.54. The highest BCUT2D eigenvalue weighted by atomic mass is 32.3. The van der Waals surface area contributed by atoms with Gasteiger partial charge in [0.25, 0.3) is 0 Å². The number of hydrogen-bond donors (Lipinski definition) is 3. The Morgan fingerprint density at radius 1 is 1.28 bits per heavy atom. The molecule has 2 aliphatic carbocycles. The Bertz CT molecular complexity index is 1070. The normalized spacial score (nSPS) is 24.5. The summed E-state index contributed by atoms with van der Waals surface area (Å²) in [5.41, 5.74) is 3.99. The summed E-state index contributed by atoms with van der Waals surface area (Å²) in [4.78, 5) is 13.0. The van der Waals surface area contributed by atoms with Gasteiger partial charge in [0.1, 0.15) is 5.82 Å². The van der Waals surface area contributed by atoms with Crippen LogP contribution in [0.25, 0.3) is 11.3 Å². The van der Waals surface area contributed by atoms with E-state index in [0.29, 0.717) is 36.4 Å². The monoisotopic (exact) mass is 461 g/mol. The van der Waals surface area contributed by atoms with E-state index in [2.05, 4.69) is 19.2 Å². The molecule has 32 heavy (non-hydrogen) atoms. The molecule has 1 saturated carbocycles. The van der Waals surface area contributed by atoms with Crippen molar-refractivity contribution >= 4 is 16.5 Å². The second kappa shape index (κ2) is 7.57.